The zero-order valence-corrected chi connectivity index (χ0v) is 12.6. The summed E-state index contributed by atoms with van der Waals surface area (Å²) in [5, 5.41) is 3.70. The zero-order chi connectivity index (χ0) is 14.5. The van der Waals surface area contributed by atoms with Crippen LogP contribution in [-0.2, 0) is 6.54 Å². The molecule has 2 rings (SSSR count). The van der Waals surface area contributed by atoms with Crippen molar-refractivity contribution in [2.75, 3.05) is 26.0 Å². The van der Waals surface area contributed by atoms with Crippen LogP contribution in [0, 0.1) is 0 Å². The number of nitrogens with one attached hydrogen (secondary N) is 1. The molecule has 1 N–H and O–H groups in total. The third-order valence-electron chi connectivity index (χ3n) is 2.83. The number of ether oxygens (including phenoxy) is 1. The zero-order valence-electron chi connectivity index (χ0n) is 11.9. The highest BCUT2D eigenvalue weighted by atomic mass is 35.5. The van der Waals surface area contributed by atoms with Crippen LogP contribution in [0.2, 0.25) is 5.02 Å². The Morgan fingerprint density at radius 1 is 1.30 bits per heavy atom. The maximum atomic E-state index is 6.08. The third kappa shape index (κ3) is 3.62. The Labute approximate surface area is 124 Å². The lowest BCUT2D eigenvalue weighted by Gasteiger charge is -2.14. The molecule has 20 heavy (non-hydrogen) atoms. The average Bonchev–Trinajstić information content (AvgIpc) is 2.43. The summed E-state index contributed by atoms with van der Waals surface area (Å²) in [5.74, 6) is 1.29. The topological polar surface area (TPSA) is 37.4 Å². The molecule has 0 saturated heterocycles. The second kappa shape index (κ2) is 6.59. The van der Waals surface area contributed by atoms with Crippen LogP contribution in [0.1, 0.15) is 5.56 Å². The highest BCUT2D eigenvalue weighted by Crippen LogP contribution is 2.26. The van der Waals surface area contributed by atoms with Gasteiger partial charge < -0.3 is 15.0 Å². The van der Waals surface area contributed by atoms with E-state index in [0.29, 0.717) is 17.4 Å². The number of benzene rings is 1. The highest BCUT2D eigenvalue weighted by Gasteiger charge is 2.05. The summed E-state index contributed by atoms with van der Waals surface area (Å²) in [5.41, 5.74) is 2.04. The van der Waals surface area contributed by atoms with Crippen molar-refractivity contribution >= 4 is 17.3 Å². The molecular weight excluding hydrogens is 274 g/mol. The smallest absolute Gasteiger partial charge is 0.219 e. The summed E-state index contributed by atoms with van der Waals surface area (Å²) in [6, 6.07) is 9.69. The fraction of sp³-hybridized carbons (Fsp3) is 0.267. The highest BCUT2D eigenvalue weighted by molar-refractivity contribution is 6.31. The van der Waals surface area contributed by atoms with Gasteiger partial charge in [-0.1, -0.05) is 17.7 Å². The number of halogens is 1. The summed E-state index contributed by atoms with van der Waals surface area (Å²) >= 11 is 6.08. The molecule has 1 aromatic heterocycles. The fourth-order valence-electron chi connectivity index (χ4n) is 1.79. The monoisotopic (exact) mass is 291 g/mol. The van der Waals surface area contributed by atoms with Gasteiger partial charge in [-0.3, -0.25) is 0 Å². The Balaban J connectivity index is 2.21. The van der Waals surface area contributed by atoms with Crippen molar-refractivity contribution in [2.45, 2.75) is 6.54 Å². The molecule has 1 heterocycles. The molecule has 4 nitrogen and oxygen atoms in total. The van der Waals surface area contributed by atoms with Gasteiger partial charge in [-0.05, 0) is 24.7 Å². The van der Waals surface area contributed by atoms with Crippen molar-refractivity contribution in [2.24, 2.45) is 0 Å². The summed E-state index contributed by atoms with van der Waals surface area (Å²) in [7, 11) is 5.85. The predicted molar refractivity (Wildman–Crippen MR) is 82.9 cm³/mol. The van der Waals surface area contributed by atoms with E-state index in [9.17, 15) is 0 Å². The van der Waals surface area contributed by atoms with Crippen molar-refractivity contribution < 1.29 is 4.74 Å². The van der Waals surface area contributed by atoms with Crippen molar-refractivity contribution in [3.05, 3.63) is 47.1 Å². The number of nitrogens with zero attached hydrogens (tertiary/aromatic N) is 2. The average molecular weight is 292 g/mol. The van der Waals surface area contributed by atoms with E-state index in [-0.39, 0.29) is 0 Å². The Hall–Kier alpha value is -1.78. The van der Waals surface area contributed by atoms with E-state index < -0.39 is 0 Å². The van der Waals surface area contributed by atoms with Gasteiger partial charge in [0.1, 0.15) is 5.75 Å². The summed E-state index contributed by atoms with van der Waals surface area (Å²) in [6.07, 6.45) is 1.61. The second-order valence-electron chi connectivity index (χ2n) is 4.64. The maximum Gasteiger partial charge on any atom is 0.219 e. The van der Waals surface area contributed by atoms with E-state index in [0.717, 1.165) is 17.0 Å². The van der Waals surface area contributed by atoms with Gasteiger partial charge in [0.2, 0.25) is 5.88 Å². The molecule has 0 unspecified atom stereocenters. The molecule has 106 valence electrons. The second-order valence-corrected chi connectivity index (χ2v) is 5.05. The largest absolute Gasteiger partial charge is 0.439 e. The van der Waals surface area contributed by atoms with Crippen LogP contribution in [0.15, 0.2) is 36.5 Å². The van der Waals surface area contributed by atoms with Crippen LogP contribution in [0.3, 0.4) is 0 Å². The van der Waals surface area contributed by atoms with E-state index in [1.54, 1.807) is 6.20 Å². The molecule has 0 saturated carbocycles. The fourth-order valence-corrected chi connectivity index (χ4v) is 1.96. The first kappa shape index (κ1) is 14.6. The van der Waals surface area contributed by atoms with Gasteiger partial charge >= 0.3 is 0 Å². The summed E-state index contributed by atoms with van der Waals surface area (Å²) in [4.78, 5) is 6.22. The Morgan fingerprint density at radius 3 is 2.80 bits per heavy atom. The number of anilines is 1. The summed E-state index contributed by atoms with van der Waals surface area (Å²) in [6.45, 7) is 0.676. The first-order valence-corrected chi connectivity index (χ1v) is 6.72. The Kier molecular flexibility index (Phi) is 4.82. The molecule has 0 amide bonds. The van der Waals surface area contributed by atoms with Gasteiger partial charge in [-0.15, -0.1) is 0 Å². The molecule has 0 radical (unpaired) electrons. The minimum atomic E-state index is 0.538. The first-order chi connectivity index (χ1) is 9.60. The number of hydrogen-bond acceptors (Lipinski definition) is 4. The number of hydrogen-bond donors (Lipinski definition) is 1. The van der Waals surface area contributed by atoms with E-state index >= 15 is 0 Å². The Morgan fingerprint density at radius 2 is 2.10 bits per heavy atom. The van der Waals surface area contributed by atoms with Gasteiger partial charge in [-0.25, -0.2) is 4.98 Å². The van der Waals surface area contributed by atoms with Crippen molar-refractivity contribution in [1.82, 2.24) is 10.3 Å². The quantitative estimate of drug-likeness (QED) is 0.917. The van der Waals surface area contributed by atoms with Crippen molar-refractivity contribution in [1.29, 1.82) is 0 Å². The number of aromatic nitrogens is 1. The van der Waals surface area contributed by atoms with Crippen LogP contribution in [0.25, 0.3) is 0 Å². The van der Waals surface area contributed by atoms with Crippen LogP contribution < -0.4 is 15.0 Å². The van der Waals surface area contributed by atoms with E-state index in [1.165, 1.54) is 0 Å². The van der Waals surface area contributed by atoms with Crippen molar-refractivity contribution in [3.8, 4) is 11.6 Å². The third-order valence-corrected chi connectivity index (χ3v) is 3.17. The predicted octanol–water partition coefficient (Wildman–Crippen LogP) is 3.31. The molecule has 0 spiro atoms. The van der Waals surface area contributed by atoms with Gasteiger partial charge in [-0.2, -0.15) is 0 Å². The Bertz CT molecular complexity index is 587. The first-order valence-electron chi connectivity index (χ1n) is 6.34. The molecule has 2 aromatic rings. The minimum Gasteiger partial charge on any atom is -0.439 e. The van der Waals surface area contributed by atoms with Gasteiger partial charge in [0.25, 0.3) is 0 Å². The normalized spacial score (nSPS) is 10.4. The standard InChI is InChI=1S/C15H18ClN3O/c1-17-9-11-7-15(18-10-14(11)16)20-13-6-4-5-12(8-13)19(2)3/h4-8,10,17H,9H2,1-3H3. The van der Waals surface area contributed by atoms with Crippen molar-refractivity contribution in [3.63, 3.8) is 0 Å². The maximum absolute atomic E-state index is 6.08. The molecule has 0 aliphatic rings. The van der Waals surface area contributed by atoms with Crippen LogP contribution in [-0.4, -0.2) is 26.1 Å². The minimum absolute atomic E-state index is 0.538. The van der Waals surface area contributed by atoms with Crippen LogP contribution in [0.4, 0.5) is 5.69 Å². The molecule has 0 fully saturated rings. The number of pyridine rings is 1. The molecule has 5 heteroatoms. The lowest BCUT2D eigenvalue weighted by molar-refractivity contribution is 0.462. The molecule has 0 bridgehead atoms. The van der Waals surface area contributed by atoms with E-state index in [1.807, 2.05) is 56.4 Å². The molecule has 0 aliphatic carbocycles. The van der Waals surface area contributed by atoms with Crippen LogP contribution >= 0.6 is 11.6 Å². The SMILES string of the molecule is CNCc1cc(Oc2cccc(N(C)C)c2)ncc1Cl. The molecule has 0 aliphatic heterocycles. The van der Waals surface area contributed by atoms with Gasteiger partial charge in [0, 0.05) is 44.7 Å². The lowest BCUT2D eigenvalue weighted by atomic mass is 10.2. The molecular formula is C15H18ClN3O. The van der Waals surface area contributed by atoms with E-state index in [4.69, 9.17) is 16.3 Å². The van der Waals surface area contributed by atoms with Gasteiger partial charge in [0.05, 0.1) is 5.02 Å². The summed E-state index contributed by atoms with van der Waals surface area (Å²) < 4.78 is 5.79. The van der Waals surface area contributed by atoms with Crippen LogP contribution in [0.5, 0.6) is 11.6 Å². The number of rotatable bonds is 5. The van der Waals surface area contributed by atoms with Gasteiger partial charge in [0.15, 0.2) is 0 Å². The van der Waals surface area contributed by atoms with E-state index in [2.05, 4.69) is 10.3 Å². The lowest BCUT2D eigenvalue weighted by Crippen LogP contribution is -2.08. The molecule has 0 atom stereocenters. The molecule has 1 aromatic carbocycles.